The van der Waals surface area contributed by atoms with Crippen molar-refractivity contribution in [2.24, 2.45) is 5.73 Å². The summed E-state index contributed by atoms with van der Waals surface area (Å²) in [5.41, 5.74) is 9.55. The zero-order valence-electron chi connectivity index (χ0n) is 15.1. The van der Waals surface area contributed by atoms with Crippen LogP contribution in [0.25, 0.3) is 11.6 Å². The van der Waals surface area contributed by atoms with Crippen LogP contribution < -0.4 is 10.6 Å². The van der Waals surface area contributed by atoms with Gasteiger partial charge >= 0.3 is 0 Å². The van der Waals surface area contributed by atoms with E-state index in [0.717, 1.165) is 22.4 Å². The van der Waals surface area contributed by atoms with Crippen LogP contribution in [0.3, 0.4) is 0 Å². The van der Waals surface area contributed by atoms with E-state index in [0.29, 0.717) is 31.8 Å². The highest BCUT2D eigenvalue weighted by molar-refractivity contribution is 6.35. The van der Waals surface area contributed by atoms with Crippen LogP contribution >= 0.6 is 0 Å². The maximum Gasteiger partial charge on any atom is 0.258 e. The van der Waals surface area contributed by atoms with Crippen molar-refractivity contribution < 1.29 is 18.7 Å². The predicted molar refractivity (Wildman–Crippen MR) is 101 cm³/mol. The lowest BCUT2D eigenvalue weighted by atomic mass is 9.96. The number of halogens is 1. The van der Waals surface area contributed by atoms with Crippen molar-refractivity contribution in [2.75, 3.05) is 31.7 Å². The second kappa shape index (κ2) is 6.88. The molecule has 27 heavy (non-hydrogen) atoms. The van der Waals surface area contributed by atoms with Crippen LogP contribution in [-0.2, 0) is 20.1 Å². The maximum absolute atomic E-state index is 13.2. The number of hydrogen-bond donors (Lipinski definition) is 1. The molecule has 6 heteroatoms. The van der Waals surface area contributed by atoms with E-state index in [2.05, 4.69) is 0 Å². The molecule has 5 nitrogen and oxygen atoms in total. The average molecular weight is 368 g/mol. The third-order valence-electron chi connectivity index (χ3n) is 5.03. The van der Waals surface area contributed by atoms with Crippen LogP contribution in [0.1, 0.15) is 23.1 Å². The number of carbonyl (C=O) groups is 1. The number of anilines is 1. The van der Waals surface area contributed by atoms with Crippen LogP contribution in [0.5, 0.6) is 0 Å². The molecule has 2 aliphatic rings. The van der Waals surface area contributed by atoms with Crippen molar-refractivity contribution in [1.82, 2.24) is 0 Å². The smallest absolute Gasteiger partial charge is 0.258 e. The molecular formula is C21H21FN2O3. The number of hydrogen-bond acceptors (Lipinski definition) is 4. The number of nitrogens with two attached hydrogens (primary N) is 1. The predicted octanol–water partition coefficient (Wildman–Crippen LogP) is 2.89. The lowest BCUT2D eigenvalue weighted by Crippen LogP contribution is -2.30. The number of carbonyl (C=O) groups excluding carboxylic acids is 1. The van der Waals surface area contributed by atoms with Crippen molar-refractivity contribution in [3.05, 3.63) is 65.0 Å². The van der Waals surface area contributed by atoms with Gasteiger partial charge in [-0.05, 0) is 42.4 Å². The lowest BCUT2D eigenvalue weighted by Gasteiger charge is -2.28. The molecule has 0 spiro atoms. The highest BCUT2D eigenvalue weighted by Crippen LogP contribution is 2.42. The first-order valence-corrected chi connectivity index (χ1v) is 8.92. The lowest BCUT2D eigenvalue weighted by molar-refractivity contribution is -0.168. The summed E-state index contributed by atoms with van der Waals surface area (Å²) in [6.45, 7) is 1.44. The number of amides is 1. The third kappa shape index (κ3) is 3.06. The van der Waals surface area contributed by atoms with Gasteiger partial charge in [-0.3, -0.25) is 4.79 Å². The van der Waals surface area contributed by atoms with Gasteiger partial charge in [0.2, 0.25) is 0 Å². The monoisotopic (exact) mass is 368 g/mol. The Bertz CT molecular complexity index is 902. The molecule has 0 atom stereocenters. The summed E-state index contributed by atoms with van der Waals surface area (Å²) in [5.74, 6) is -1.28. The van der Waals surface area contributed by atoms with E-state index in [1.165, 1.54) is 12.1 Å². The Hall–Kier alpha value is -2.54. The Balaban J connectivity index is 1.80. The molecule has 0 aliphatic carbocycles. The molecule has 2 aliphatic heterocycles. The van der Waals surface area contributed by atoms with E-state index < -0.39 is 5.79 Å². The van der Waals surface area contributed by atoms with E-state index in [1.807, 2.05) is 18.2 Å². The molecule has 1 fully saturated rings. The third-order valence-corrected chi connectivity index (χ3v) is 5.03. The molecule has 0 radical (unpaired) electrons. The van der Waals surface area contributed by atoms with Gasteiger partial charge in [0.15, 0.2) is 5.79 Å². The standard InChI is InChI=1S/C21H21FN2O3/c1-24-19-7-4-15(21(8-9-23)26-10-11-27-21)13-17(19)18(20(24)25)12-14-2-5-16(22)6-3-14/h2-7,12-13H,8-11,23H2,1H3/b18-12-. The Morgan fingerprint density at radius 2 is 1.89 bits per heavy atom. The van der Waals surface area contributed by atoms with Gasteiger partial charge in [-0.1, -0.05) is 18.2 Å². The van der Waals surface area contributed by atoms with E-state index in [1.54, 1.807) is 30.2 Å². The van der Waals surface area contributed by atoms with Gasteiger partial charge in [-0.2, -0.15) is 0 Å². The SMILES string of the molecule is CN1C(=O)/C(=C\c2ccc(F)cc2)c2cc(C3(CCN)OCCO3)ccc21. The molecule has 2 aromatic rings. The van der Waals surface area contributed by atoms with Crippen LogP contribution in [-0.4, -0.2) is 32.7 Å². The molecule has 4 rings (SSSR count). The van der Waals surface area contributed by atoms with Crippen LogP contribution in [0, 0.1) is 5.82 Å². The molecule has 1 saturated heterocycles. The van der Waals surface area contributed by atoms with Crippen molar-refractivity contribution in [1.29, 1.82) is 0 Å². The minimum absolute atomic E-state index is 0.104. The molecule has 2 heterocycles. The van der Waals surface area contributed by atoms with Gasteiger partial charge in [-0.15, -0.1) is 0 Å². The second-order valence-corrected chi connectivity index (χ2v) is 6.69. The number of nitrogens with zero attached hydrogens (tertiary/aromatic N) is 1. The molecular weight excluding hydrogens is 347 g/mol. The topological polar surface area (TPSA) is 64.8 Å². The minimum Gasteiger partial charge on any atom is -0.343 e. The van der Waals surface area contributed by atoms with Gasteiger partial charge in [0, 0.05) is 30.2 Å². The molecule has 1 amide bonds. The van der Waals surface area contributed by atoms with E-state index in [4.69, 9.17) is 15.2 Å². The number of ether oxygens (including phenoxy) is 2. The number of rotatable bonds is 4. The fraction of sp³-hybridized carbons (Fsp3) is 0.286. The van der Waals surface area contributed by atoms with Gasteiger partial charge in [-0.25, -0.2) is 4.39 Å². The number of fused-ring (bicyclic) bond motifs is 1. The van der Waals surface area contributed by atoms with Crippen molar-refractivity contribution >= 4 is 23.2 Å². The summed E-state index contributed by atoms with van der Waals surface area (Å²) in [7, 11) is 1.74. The van der Waals surface area contributed by atoms with E-state index in [-0.39, 0.29) is 11.7 Å². The molecule has 2 aromatic carbocycles. The minimum atomic E-state index is -0.866. The van der Waals surface area contributed by atoms with Gasteiger partial charge in [0.25, 0.3) is 5.91 Å². The highest BCUT2D eigenvalue weighted by Gasteiger charge is 2.40. The Morgan fingerprint density at radius 3 is 2.56 bits per heavy atom. The van der Waals surface area contributed by atoms with Gasteiger partial charge in [0.1, 0.15) is 5.82 Å². The summed E-state index contributed by atoms with van der Waals surface area (Å²) in [6.07, 6.45) is 2.31. The fourth-order valence-electron chi connectivity index (χ4n) is 3.65. The molecule has 140 valence electrons. The molecule has 0 saturated carbocycles. The van der Waals surface area contributed by atoms with Crippen LogP contribution in [0.2, 0.25) is 0 Å². The average Bonchev–Trinajstić information content (AvgIpc) is 3.24. The summed E-state index contributed by atoms with van der Waals surface area (Å²) in [4.78, 5) is 14.4. The number of benzene rings is 2. The highest BCUT2D eigenvalue weighted by atomic mass is 19.1. The Morgan fingerprint density at radius 1 is 1.19 bits per heavy atom. The van der Waals surface area contributed by atoms with Crippen LogP contribution in [0.4, 0.5) is 10.1 Å². The van der Waals surface area contributed by atoms with Gasteiger partial charge < -0.3 is 20.1 Å². The summed E-state index contributed by atoms with van der Waals surface area (Å²) >= 11 is 0. The zero-order chi connectivity index (χ0) is 19.0. The number of likely N-dealkylation sites (N-methyl/N-ethyl adjacent to an activating group) is 1. The Labute approximate surface area is 157 Å². The van der Waals surface area contributed by atoms with Crippen molar-refractivity contribution in [3.63, 3.8) is 0 Å². The largest absolute Gasteiger partial charge is 0.343 e. The van der Waals surface area contributed by atoms with Crippen molar-refractivity contribution in [3.8, 4) is 0 Å². The molecule has 0 unspecified atom stereocenters. The summed E-state index contributed by atoms with van der Waals surface area (Å²) in [6, 6.07) is 11.8. The second-order valence-electron chi connectivity index (χ2n) is 6.69. The first kappa shape index (κ1) is 17.9. The van der Waals surface area contributed by atoms with Crippen molar-refractivity contribution in [2.45, 2.75) is 12.2 Å². The quantitative estimate of drug-likeness (QED) is 0.843. The van der Waals surface area contributed by atoms with Gasteiger partial charge in [0.05, 0.1) is 18.9 Å². The first-order valence-electron chi connectivity index (χ1n) is 8.92. The Kier molecular flexibility index (Phi) is 4.55. The van der Waals surface area contributed by atoms with Crippen LogP contribution in [0.15, 0.2) is 42.5 Å². The first-order chi connectivity index (χ1) is 13.0. The molecule has 0 bridgehead atoms. The zero-order valence-corrected chi connectivity index (χ0v) is 15.1. The normalized spacial score (nSPS) is 19.7. The van der Waals surface area contributed by atoms with E-state index in [9.17, 15) is 9.18 Å². The fourth-order valence-corrected chi connectivity index (χ4v) is 3.65. The van der Waals surface area contributed by atoms with E-state index >= 15 is 0 Å². The summed E-state index contributed by atoms with van der Waals surface area (Å²) in [5, 5.41) is 0. The summed E-state index contributed by atoms with van der Waals surface area (Å²) < 4.78 is 25.0. The molecule has 0 aromatic heterocycles. The molecule has 2 N–H and O–H groups in total. The maximum atomic E-state index is 13.2.